The highest BCUT2D eigenvalue weighted by atomic mass is 79.9. The number of anilines is 1. The largest absolute Gasteiger partial charge is 0.490 e. The Kier molecular flexibility index (Phi) is 7.21. The zero-order chi connectivity index (χ0) is 20.8. The van der Waals surface area contributed by atoms with Gasteiger partial charge in [0.05, 0.1) is 11.1 Å². The lowest BCUT2D eigenvalue weighted by Crippen LogP contribution is -2.04. The number of hydrogen-bond acceptors (Lipinski definition) is 3. The first kappa shape index (κ1) is 21.3. The van der Waals surface area contributed by atoms with Crippen LogP contribution in [0.3, 0.4) is 0 Å². The summed E-state index contributed by atoms with van der Waals surface area (Å²) >= 11 is 3.67. The summed E-state index contributed by atoms with van der Waals surface area (Å²) in [4.78, 5) is 0. The van der Waals surface area contributed by atoms with Gasteiger partial charge in [-0.25, -0.2) is 0 Å². The number of nitrogens with one attached hydrogen (secondary N) is 1. The van der Waals surface area contributed by atoms with Gasteiger partial charge >= 0.3 is 0 Å². The van der Waals surface area contributed by atoms with E-state index in [0.29, 0.717) is 19.8 Å². The molecule has 29 heavy (non-hydrogen) atoms. The molecule has 3 aromatic carbocycles. The van der Waals surface area contributed by atoms with Gasteiger partial charge in [-0.05, 0) is 90.1 Å². The second-order valence-corrected chi connectivity index (χ2v) is 8.12. The number of halogens is 1. The molecule has 4 heteroatoms. The summed E-state index contributed by atoms with van der Waals surface area (Å²) in [7, 11) is 0. The van der Waals surface area contributed by atoms with E-state index in [-0.39, 0.29) is 0 Å². The first-order chi connectivity index (χ1) is 14.0. The Bertz CT molecular complexity index is 985. The highest BCUT2D eigenvalue weighted by Crippen LogP contribution is 2.37. The molecule has 0 heterocycles. The minimum absolute atomic E-state index is 0.501. The van der Waals surface area contributed by atoms with Gasteiger partial charge in [0.1, 0.15) is 6.61 Å². The fourth-order valence-electron chi connectivity index (χ4n) is 3.14. The first-order valence-corrected chi connectivity index (χ1v) is 10.7. The topological polar surface area (TPSA) is 30.5 Å². The van der Waals surface area contributed by atoms with Gasteiger partial charge in [-0.15, -0.1) is 0 Å². The summed E-state index contributed by atoms with van der Waals surface area (Å²) in [5.74, 6) is 1.50. The van der Waals surface area contributed by atoms with Crippen LogP contribution in [-0.4, -0.2) is 6.61 Å². The highest BCUT2D eigenvalue weighted by molar-refractivity contribution is 9.10. The highest BCUT2D eigenvalue weighted by Gasteiger charge is 2.13. The molecule has 152 valence electrons. The fraction of sp³-hybridized carbons (Fsp3) is 0.280. The van der Waals surface area contributed by atoms with Crippen molar-refractivity contribution in [3.8, 4) is 11.5 Å². The van der Waals surface area contributed by atoms with E-state index in [1.807, 2.05) is 19.1 Å². The summed E-state index contributed by atoms with van der Waals surface area (Å²) in [6, 6.07) is 18.9. The molecule has 0 aliphatic heterocycles. The third kappa shape index (κ3) is 5.77. The maximum Gasteiger partial charge on any atom is 0.175 e. The maximum atomic E-state index is 6.12. The van der Waals surface area contributed by atoms with Crippen LogP contribution in [0, 0.1) is 20.8 Å². The lowest BCUT2D eigenvalue weighted by Gasteiger charge is -2.16. The van der Waals surface area contributed by atoms with Crippen LogP contribution in [-0.2, 0) is 13.2 Å². The molecule has 1 N–H and O–H groups in total. The van der Waals surface area contributed by atoms with Crippen LogP contribution in [0.25, 0.3) is 0 Å². The van der Waals surface area contributed by atoms with Crippen LogP contribution >= 0.6 is 15.9 Å². The van der Waals surface area contributed by atoms with E-state index in [4.69, 9.17) is 9.47 Å². The Morgan fingerprint density at radius 3 is 2.41 bits per heavy atom. The monoisotopic (exact) mass is 453 g/mol. The van der Waals surface area contributed by atoms with E-state index in [1.165, 1.54) is 16.7 Å². The molecule has 0 radical (unpaired) electrons. The van der Waals surface area contributed by atoms with E-state index in [1.54, 1.807) is 0 Å². The molecule has 0 aromatic heterocycles. The van der Waals surface area contributed by atoms with Gasteiger partial charge in [-0.2, -0.15) is 0 Å². The average molecular weight is 454 g/mol. The third-order valence-corrected chi connectivity index (χ3v) is 5.43. The van der Waals surface area contributed by atoms with Gasteiger partial charge in [0.15, 0.2) is 11.5 Å². The molecule has 0 amide bonds. The number of rotatable bonds is 8. The van der Waals surface area contributed by atoms with Crippen LogP contribution in [0.1, 0.15) is 34.7 Å². The number of aryl methyl sites for hydroxylation is 3. The molecule has 0 aliphatic carbocycles. The Balaban J connectivity index is 1.75. The molecule has 0 bridgehead atoms. The van der Waals surface area contributed by atoms with E-state index >= 15 is 0 Å². The summed E-state index contributed by atoms with van der Waals surface area (Å²) in [5, 5.41) is 3.49. The van der Waals surface area contributed by atoms with Crippen molar-refractivity contribution in [3.05, 3.63) is 86.9 Å². The zero-order valence-electron chi connectivity index (χ0n) is 17.5. The Hall–Kier alpha value is -2.46. The number of ether oxygens (including phenoxy) is 2. The van der Waals surface area contributed by atoms with Crippen molar-refractivity contribution in [1.29, 1.82) is 0 Å². The average Bonchev–Trinajstić information content (AvgIpc) is 2.68. The molecule has 0 fully saturated rings. The van der Waals surface area contributed by atoms with Crippen molar-refractivity contribution in [3.63, 3.8) is 0 Å². The van der Waals surface area contributed by atoms with Crippen molar-refractivity contribution < 1.29 is 9.47 Å². The molecule has 0 saturated carbocycles. The van der Waals surface area contributed by atoms with E-state index in [0.717, 1.165) is 32.8 Å². The quantitative estimate of drug-likeness (QED) is 0.399. The van der Waals surface area contributed by atoms with Crippen LogP contribution in [0.5, 0.6) is 11.5 Å². The molecule has 3 nitrogen and oxygen atoms in total. The van der Waals surface area contributed by atoms with Crippen molar-refractivity contribution in [2.24, 2.45) is 0 Å². The SMILES string of the molecule is CCOc1cc(CNc2ccc(C)c(C)c2)cc(Br)c1OCc1cccc(C)c1. The van der Waals surface area contributed by atoms with Crippen molar-refractivity contribution in [2.45, 2.75) is 40.8 Å². The summed E-state index contributed by atoms with van der Waals surface area (Å²) in [6.45, 7) is 10.1. The molecule has 0 unspecified atom stereocenters. The minimum atomic E-state index is 0.501. The molecule has 0 spiro atoms. The molecule has 0 saturated heterocycles. The van der Waals surface area contributed by atoms with Gasteiger partial charge in [0.2, 0.25) is 0 Å². The van der Waals surface area contributed by atoms with Crippen LogP contribution < -0.4 is 14.8 Å². The Labute approximate surface area is 182 Å². The van der Waals surface area contributed by atoms with Crippen molar-refractivity contribution in [2.75, 3.05) is 11.9 Å². The van der Waals surface area contributed by atoms with E-state index in [9.17, 15) is 0 Å². The predicted molar refractivity (Wildman–Crippen MR) is 124 cm³/mol. The lowest BCUT2D eigenvalue weighted by molar-refractivity contribution is 0.267. The van der Waals surface area contributed by atoms with Crippen LogP contribution in [0.2, 0.25) is 0 Å². The summed E-state index contributed by atoms with van der Waals surface area (Å²) < 4.78 is 12.9. The standard InChI is InChI=1S/C25H28BrNO2/c1-5-28-24-14-21(15-27-22-10-9-18(3)19(4)12-22)13-23(26)25(24)29-16-20-8-6-7-17(2)11-20/h6-14,27H,5,15-16H2,1-4H3. The summed E-state index contributed by atoms with van der Waals surface area (Å²) in [6.07, 6.45) is 0. The Morgan fingerprint density at radius 2 is 1.69 bits per heavy atom. The van der Waals surface area contributed by atoms with Crippen molar-refractivity contribution >= 4 is 21.6 Å². The smallest absolute Gasteiger partial charge is 0.175 e. The van der Waals surface area contributed by atoms with E-state index in [2.05, 4.69) is 84.5 Å². The molecule has 3 aromatic rings. The molecule has 3 rings (SSSR count). The van der Waals surface area contributed by atoms with Crippen molar-refractivity contribution in [1.82, 2.24) is 0 Å². The zero-order valence-corrected chi connectivity index (χ0v) is 19.1. The first-order valence-electron chi connectivity index (χ1n) is 9.91. The van der Waals surface area contributed by atoms with Crippen LogP contribution in [0.4, 0.5) is 5.69 Å². The molecule has 0 atom stereocenters. The van der Waals surface area contributed by atoms with Gasteiger partial charge in [-0.3, -0.25) is 0 Å². The van der Waals surface area contributed by atoms with Crippen LogP contribution in [0.15, 0.2) is 59.1 Å². The minimum Gasteiger partial charge on any atom is -0.490 e. The summed E-state index contributed by atoms with van der Waals surface area (Å²) in [5.41, 5.74) is 7.18. The van der Waals surface area contributed by atoms with Gasteiger partial charge in [-0.1, -0.05) is 35.9 Å². The molecular weight excluding hydrogens is 426 g/mol. The second kappa shape index (κ2) is 9.84. The van der Waals surface area contributed by atoms with Gasteiger partial charge in [0.25, 0.3) is 0 Å². The molecular formula is C25H28BrNO2. The third-order valence-electron chi connectivity index (χ3n) is 4.84. The maximum absolute atomic E-state index is 6.12. The normalized spacial score (nSPS) is 10.7. The second-order valence-electron chi connectivity index (χ2n) is 7.27. The predicted octanol–water partition coefficient (Wildman–Crippen LogP) is 6.96. The molecule has 0 aliphatic rings. The van der Waals surface area contributed by atoms with Gasteiger partial charge < -0.3 is 14.8 Å². The number of hydrogen-bond donors (Lipinski definition) is 1. The number of benzene rings is 3. The Morgan fingerprint density at radius 1 is 0.862 bits per heavy atom. The van der Waals surface area contributed by atoms with Gasteiger partial charge in [0, 0.05) is 12.2 Å². The lowest BCUT2D eigenvalue weighted by atomic mass is 10.1. The van der Waals surface area contributed by atoms with E-state index < -0.39 is 0 Å². The fourth-order valence-corrected chi connectivity index (χ4v) is 3.74.